The Hall–Kier alpha value is -1.17. The van der Waals surface area contributed by atoms with Crippen LogP contribution in [0.25, 0.3) is 0 Å². The number of hydrogen-bond donors (Lipinski definition) is 1. The number of Topliss-reactive ketones (excluding diaryl/α,β-unsaturated/α-hetero) is 1. The highest BCUT2D eigenvalue weighted by Crippen LogP contribution is 1.80. The summed E-state index contributed by atoms with van der Waals surface area (Å²) < 4.78 is 0. The lowest BCUT2D eigenvalue weighted by molar-refractivity contribution is -0.111. The quantitative estimate of drug-likeness (QED) is 0.526. The molecule has 0 amide bonds. The zero-order valence-corrected chi connectivity index (χ0v) is 4.56. The van der Waals surface area contributed by atoms with Crippen molar-refractivity contribution in [1.82, 2.24) is 0 Å². The number of ketones is 1. The Morgan fingerprint density at radius 2 is 2.38 bits per heavy atom. The molecule has 0 aromatic heterocycles. The van der Waals surface area contributed by atoms with Crippen molar-refractivity contribution in [3.05, 3.63) is 0 Å². The van der Waals surface area contributed by atoms with Crippen molar-refractivity contribution in [1.29, 1.82) is 10.7 Å². The summed E-state index contributed by atoms with van der Waals surface area (Å²) in [6, 6.07) is 1.70. The molecule has 0 heterocycles. The van der Waals surface area contributed by atoms with Crippen molar-refractivity contribution in [2.45, 2.75) is 13.3 Å². The van der Waals surface area contributed by atoms with Crippen molar-refractivity contribution in [3.63, 3.8) is 0 Å². The molecule has 0 fully saturated rings. The van der Waals surface area contributed by atoms with Crippen LogP contribution in [0, 0.1) is 16.7 Å². The molecule has 0 spiro atoms. The smallest absolute Gasteiger partial charge is 0.174 e. The Morgan fingerprint density at radius 1 is 1.88 bits per heavy atom. The molecule has 0 saturated carbocycles. The van der Waals surface area contributed by atoms with Crippen molar-refractivity contribution >= 4 is 11.5 Å². The van der Waals surface area contributed by atoms with Gasteiger partial charge in [-0.3, -0.25) is 4.79 Å². The Morgan fingerprint density at radius 3 is 2.50 bits per heavy atom. The first-order chi connectivity index (χ1) is 3.68. The molecule has 3 heteroatoms. The van der Waals surface area contributed by atoms with Gasteiger partial charge in [0.2, 0.25) is 0 Å². The summed E-state index contributed by atoms with van der Waals surface area (Å²) in [5, 5.41) is 14.7. The number of hydrogen-bond acceptors (Lipinski definition) is 3. The van der Waals surface area contributed by atoms with E-state index in [0.29, 0.717) is 0 Å². The van der Waals surface area contributed by atoms with Crippen molar-refractivity contribution in [3.8, 4) is 6.07 Å². The van der Waals surface area contributed by atoms with E-state index >= 15 is 0 Å². The van der Waals surface area contributed by atoms with Gasteiger partial charge < -0.3 is 5.41 Å². The molecular weight excluding hydrogens is 104 g/mol. The third-order valence-electron chi connectivity index (χ3n) is 0.681. The average molecular weight is 110 g/mol. The lowest BCUT2D eigenvalue weighted by atomic mass is 10.2. The normalized spacial score (nSPS) is 7.50. The summed E-state index contributed by atoms with van der Waals surface area (Å²) in [7, 11) is 0. The largest absolute Gasteiger partial charge is 0.301 e. The summed E-state index contributed by atoms with van der Waals surface area (Å²) in [6.07, 6.45) is -0.0741. The molecule has 0 aliphatic rings. The Labute approximate surface area is 47.4 Å². The number of nitrogens with one attached hydrogen (secondary N) is 1. The minimum absolute atomic E-state index is 0.0741. The number of carbonyl (C=O) groups excluding carboxylic acids is 1. The van der Waals surface area contributed by atoms with Crippen molar-refractivity contribution < 1.29 is 4.79 Å². The molecule has 0 radical (unpaired) electrons. The lowest BCUT2D eigenvalue weighted by Gasteiger charge is -1.84. The molecule has 0 unspecified atom stereocenters. The fourth-order valence-electron chi connectivity index (χ4n) is 0.204. The molecular formula is C5H6N2O. The van der Waals surface area contributed by atoms with Crippen LogP contribution in [0.3, 0.4) is 0 Å². The van der Waals surface area contributed by atoms with E-state index in [0.717, 1.165) is 0 Å². The second-order valence-corrected chi connectivity index (χ2v) is 1.37. The van der Waals surface area contributed by atoms with Crippen LogP contribution in [0.15, 0.2) is 0 Å². The molecule has 3 nitrogen and oxygen atoms in total. The van der Waals surface area contributed by atoms with Gasteiger partial charge in [-0.25, -0.2) is 0 Å². The molecule has 0 rings (SSSR count). The molecule has 0 aliphatic carbocycles. The lowest BCUT2D eigenvalue weighted by Crippen LogP contribution is -2.05. The molecule has 0 aromatic rings. The van der Waals surface area contributed by atoms with Gasteiger partial charge in [-0.15, -0.1) is 0 Å². The SMILES string of the molecule is CC(=O)C(=N)CC#N. The van der Waals surface area contributed by atoms with E-state index in [1.807, 2.05) is 0 Å². The Balaban J connectivity index is 3.71. The van der Waals surface area contributed by atoms with Gasteiger partial charge in [0.05, 0.1) is 18.2 Å². The third kappa shape index (κ3) is 2.08. The highest BCUT2D eigenvalue weighted by Gasteiger charge is 1.98. The zero-order valence-electron chi connectivity index (χ0n) is 4.56. The van der Waals surface area contributed by atoms with Gasteiger partial charge in [0, 0.05) is 6.92 Å². The van der Waals surface area contributed by atoms with E-state index in [-0.39, 0.29) is 17.9 Å². The first-order valence-corrected chi connectivity index (χ1v) is 2.13. The maximum atomic E-state index is 10.2. The predicted octanol–water partition coefficient (Wildman–Crippen LogP) is 0.509. The van der Waals surface area contributed by atoms with Gasteiger partial charge in [-0.05, 0) is 0 Å². The highest BCUT2D eigenvalue weighted by molar-refractivity contribution is 6.38. The van der Waals surface area contributed by atoms with Crippen LogP contribution in [0.2, 0.25) is 0 Å². The average Bonchev–Trinajstić information content (AvgIpc) is 1.67. The molecule has 0 saturated heterocycles. The van der Waals surface area contributed by atoms with E-state index in [2.05, 4.69) is 0 Å². The predicted molar refractivity (Wildman–Crippen MR) is 28.6 cm³/mol. The number of nitrogens with zero attached hydrogens (tertiary/aromatic N) is 1. The van der Waals surface area contributed by atoms with E-state index in [9.17, 15) is 4.79 Å². The van der Waals surface area contributed by atoms with E-state index in [4.69, 9.17) is 10.7 Å². The molecule has 42 valence electrons. The maximum Gasteiger partial charge on any atom is 0.174 e. The van der Waals surface area contributed by atoms with Gasteiger partial charge in [-0.2, -0.15) is 5.26 Å². The summed E-state index contributed by atoms with van der Waals surface area (Å²) in [5.74, 6) is -0.327. The monoisotopic (exact) mass is 110 g/mol. The molecule has 0 bridgehead atoms. The maximum absolute atomic E-state index is 10.2. The molecule has 0 aliphatic heterocycles. The highest BCUT2D eigenvalue weighted by atomic mass is 16.1. The fraction of sp³-hybridized carbons (Fsp3) is 0.400. The summed E-state index contributed by atoms with van der Waals surface area (Å²) in [5.41, 5.74) is -0.118. The van der Waals surface area contributed by atoms with Gasteiger partial charge in [0.15, 0.2) is 5.78 Å². The molecule has 0 atom stereocenters. The van der Waals surface area contributed by atoms with Crippen LogP contribution >= 0.6 is 0 Å². The third-order valence-corrected chi connectivity index (χ3v) is 0.681. The van der Waals surface area contributed by atoms with Gasteiger partial charge in [0.25, 0.3) is 0 Å². The van der Waals surface area contributed by atoms with Gasteiger partial charge >= 0.3 is 0 Å². The second-order valence-electron chi connectivity index (χ2n) is 1.37. The number of carbonyl (C=O) groups is 1. The van der Waals surface area contributed by atoms with E-state index in [1.54, 1.807) is 6.07 Å². The van der Waals surface area contributed by atoms with Crippen LogP contribution in [0.5, 0.6) is 0 Å². The first kappa shape index (κ1) is 6.83. The standard InChI is InChI=1S/C5H6N2O/c1-4(8)5(7)2-3-6/h7H,2H2,1H3. The number of nitriles is 1. The second kappa shape index (κ2) is 2.92. The minimum Gasteiger partial charge on any atom is -0.301 e. The van der Waals surface area contributed by atoms with Crippen LogP contribution in [0.1, 0.15) is 13.3 Å². The van der Waals surface area contributed by atoms with Gasteiger partial charge in [-0.1, -0.05) is 0 Å². The van der Waals surface area contributed by atoms with E-state index in [1.165, 1.54) is 6.92 Å². The number of rotatable bonds is 2. The van der Waals surface area contributed by atoms with Gasteiger partial charge in [0.1, 0.15) is 0 Å². The molecule has 8 heavy (non-hydrogen) atoms. The summed E-state index contributed by atoms with van der Waals surface area (Å²) >= 11 is 0. The van der Waals surface area contributed by atoms with E-state index < -0.39 is 0 Å². The summed E-state index contributed by atoms with van der Waals surface area (Å²) in [4.78, 5) is 10.2. The van der Waals surface area contributed by atoms with Crippen LogP contribution < -0.4 is 0 Å². The molecule has 1 N–H and O–H groups in total. The topological polar surface area (TPSA) is 64.7 Å². The van der Waals surface area contributed by atoms with Crippen molar-refractivity contribution in [2.24, 2.45) is 0 Å². The minimum atomic E-state index is -0.327. The van der Waals surface area contributed by atoms with Crippen LogP contribution in [0.4, 0.5) is 0 Å². The fourth-order valence-corrected chi connectivity index (χ4v) is 0.204. The first-order valence-electron chi connectivity index (χ1n) is 2.13. The zero-order chi connectivity index (χ0) is 6.57. The Kier molecular flexibility index (Phi) is 2.49. The Bertz CT molecular complexity index is 154. The van der Waals surface area contributed by atoms with Crippen molar-refractivity contribution in [2.75, 3.05) is 0 Å². The van der Waals surface area contributed by atoms with Crippen LogP contribution in [-0.2, 0) is 4.79 Å². The summed E-state index contributed by atoms with van der Waals surface area (Å²) in [6.45, 7) is 1.28. The van der Waals surface area contributed by atoms with Crippen LogP contribution in [-0.4, -0.2) is 11.5 Å². The molecule has 0 aromatic carbocycles.